The summed E-state index contributed by atoms with van der Waals surface area (Å²) >= 11 is 0. The highest BCUT2D eigenvalue weighted by Gasteiger charge is 2.21. The van der Waals surface area contributed by atoms with E-state index < -0.39 is 5.97 Å². The number of carbonyl (C=O) groups is 1. The van der Waals surface area contributed by atoms with E-state index in [2.05, 4.69) is 27.7 Å². The maximum Gasteiger partial charge on any atom is 0.335 e. The normalized spacial score (nSPS) is 11.5. The molecule has 0 aliphatic rings. The lowest BCUT2D eigenvalue weighted by Crippen LogP contribution is -2.15. The fourth-order valence-corrected chi connectivity index (χ4v) is 2.79. The van der Waals surface area contributed by atoms with Crippen LogP contribution >= 0.6 is 0 Å². The maximum absolute atomic E-state index is 11.2. The van der Waals surface area contributed by atoms with Gasteiger partial charge in [-0.15, -0.1) is 0 Å². The topological polar surface area (TPSA) is 46.5 Å². The summed E-state index contributed by atoms with van der Waals surface area (Å²) in [6.07, 6.45) is 10.2. The molecule has 0 fully saturated rings. The van der Waals surface area contributed by atoms with Crippen LogP contribution in [0.1, 0.15) is 95.0 Å². The SMILES string of the molecule is CCCCCCCCCCOc1ccc(C(=O)O)cc1C(C)(C)C. The molecule has 136 valence electrons. The molecule has 1 aromatic rings. The first-order valence-electron chi connectivity index (χ1n) is 9.37. The molecule has 1 aromatic carbocycles. The van der Waals surface area contributed by atoms with Gasteiger partial charge in [-0.3, -0.25) is 0 Å². The standard InChI is InChI=1S/C21H34O3/c1-5-6-7-8-9-10-11-12-15-24-19-14-13-17(20(22)23)16-18(19)21(2,3)4/h13-14,16H,5-12,15H2,1-4H3,(H,22,23). The molecule has 1 rings (SSSR count). The largest absolute Gasteiger partial charge is 0.493 e. The van der Waals surface area contributed by atoms with Crippen molar-refractivity contribution in [2.24, 2.45) is 0 Å². The average Bonchev–Trinajstić information content (AvgIpc) is 2.52. The number of carboxylic acids is 1. The van der Waals surface area contributed by atoms with Crippen LogP contribution in [-0.2, 0) is 5.41 Å². The molecule has 0 atom stereocenters. The Bertz CT molecular complexity index is 500. The molecule has 0 unspecified atom stereocenters. The Balaban J connectivity index is 2.43. The monoisotopic (exact) mass is 334 g/mol. The van der Waals surface area contributed by atoms with Crippen molar-refractivity contribution in [2.75, 3.05) is 6.61 Å². The van der Waals surface area contributed by atoms with Gasteiger partial charge < -0.3 is 9.84 Å². The molecule has 0 bridgehead atoms. The van der Waals surface area contributed by atoms with E-state index in [0.29, 0.717) is 12.2 Å². The summed E-state index contributed by atoms with van der Waals surface area (Å²) in [5.41, 5.74) is 1.14. The summed E-state index contributed by atoms with van der Waals surface area (Å²) in [6, 6.07) is 5.17. The van der Waals surface area contributed by atoms with Crippen LogP contribution < -0.4 is 4.74 Å². The number of hydrogen-bond acceptors (Lipinski definition) is 2. The van der Waals surface area contributed by atoms with Crippen molar-refractivity contribution < 1.29 is 14.6 Å². The number of ether oxygens (including phenoxy) is 1. The predicted molar refractivity (Wildman–Crippen MR) is 100 cm³/mol. The van der Waals surface area contributed by atoms with Gasteiger partial charge in [-0.05, 0) is 30.0 Å². The third-order valence-corrected chi connectivity index (χ3v) is 4.29. The Labute approximate surface area is 147 Å². The summed E-state index contributed by atoms with van der Waals surface area (Å²) < 4.78 is 5.95. The molecule has 0 saturated carbocycles. The van der Waals surface area contributed by atoms with Gasteiger partial charge in [-0.25, -0.2) is 4.79 Å². The lowest BCUT2D eigenvalue weighted by atomic mass is 9.85. The van der Waals surface area contributed by atoms with E-state index in [1.54, 1.807) is 18.2 Å². The van der Waals surface area contributed by atoms with Crippen molar-refractivity contribution in [1.82, 2.24) is 0 Å². The van der Waals surface area contributed by atoms with Crippen molar-refractivity contribution in [2.45, 2.75) is 84.5 Å². The van der Waals surface area contributed by atoms with Crippen molar-refractivity contribution in [3.05, 3.63) is 29.3 Å². The van der Waals surface area contributed by atoms with E-state index >= 15 is 0 Å². The molecule has 0 aliphatic carbocycles. The van der Waals surface area contributed by atoms with E-state index in [4.69, 9.17) is 4.74 Å². The van der Waals surface area contributed by atoms with E-state index in [1.165, 1.54) is 44.9 Å². The number of aromatic carboxylic acids is 1. The van der Waals surface area contributed by atoms with Crippen LogP contribution in [-0.4, -0.2) is 17.7 Å². The first-order chi connectivity index (χ1) is 11.4. The van der Waals surface area contributed by atoms with Crippen LogP contribution in [0.25, 0.3) is 0 Å². The molecule has 0 amide bonds. The molecule has 1 N–H and O–H groups in total. The molecule has 3 nitrogen and oxygen atoms in total. The zero-order chi connectivity index (χ0) is 18.0. The molecule has 24 heavy (non-hydrogen) atoms. The minimum absolute atomic E-state index is 0.139. The molecule has 0 heterocycles. The Morgan fingerprint density at radius 3 is 2.12 bits per heavy atom. The van der Waals surface area contributed by atoms with Crippen LogP contribution in [0.3, 0.4) is 0 Å². The van der Waals surface area contributed by atoms with Gasteiger partial charge >= 0.3 is 5.97 Å². The number of benzene rings is 1. The second-order valence-corrected chi connectivity index (χ2v) is 7.59. The third-order valence-electron chi connectivity index (χ3n) is 4.29. The van der Waals surface area contributed by atoms with E-state index in [1.807, 2.05) is 0 Å². The minimum atomic E-state index is -0.893. The summed E-state index contributed by atoms with van der Waals surface area (Å²) in [4.78, 5) is 11.2. The van der Waals surface area contributed by atoms with Gasteiger partial charge in [0, 0.05) is 5.56 Å². The van der Waals surface area contributed by atoms with E-state index in [9.17, 15) is 9.90 Å². The Morgan fingerprint density at radius 1 is 1.00 bits per heavy atom. The van der Waals surface area contributed by atoms with Crippen LogP contribution in [0.15, 0.2) is 18.2 Å². The number of carboxylic acid groups (broad SMARTS) is 1. The first-order valence-corrected chi connectivity index (χ1v) is 9.37. The molecule has 3 heteroatoms. The Kier molecular flexibility index (Phi) is 8.88. The fourth-order valence-electron chi connectivity index (χ4n) is 2.79. The average molecular weight is 335 g/mol. The van der Waals surface area contributed by atoms with Gasteiger partial charge in [0.15, 0.2) is 0 Å². The summed E-state index contributed by atoms with van der Waals surface area (Å²) in [5, 5.41) is 9.18. The highest BCUT2D eigenvalue weighted by molar-refractivity contribution is 5.88. The fraction of sp³-hybridized carbons (Fsp3) is 0.667. The molecule has 0 radical (unpaired) electrons. The Hall–Kier alpha value is -1.51. The van der Waals surface area contributed by atoms with Gasteiger partial charge in [0.2, 0.25) is 0 Å². The van der Waals surface area contributed by atoms with Gasteiger partial charge in [-0.1, -0.05) is 72.6 Å². The second kappa shape index (κ2) is 10.4. The third kappa shape index (κ3) is 7.37. The quantitative estimate of drug-likeness (QED) is 0.490. The Morgan fingerprint density at radius 2 is 1.58 bits per heavy atom. The highest BCUT2D eigenvalue weighted by atomic mass is 16.5. The second-order valence-electron chi connectivity index (χ2n) is 7.59. The summed E-state index contributed by atoms with van der Waals surface area (Å²) in [5.74, 6) is -0.0782. The minimum Gasteiger partial charge on any atom is -0.493 e. The molecule has 0 aromatic heterocycles. The van der Waals surface area contributed by atoms with Gasteiger partial charge in [-0.2, -0.15) is 0 Å². The highest BCUT2D eigenvalue weighted by Crippen LogP contribution is 2.32. The van der Waals surface area contributed by atoms with Gasteiger partial charge in [0.05, 0.1) is 12.2 Å². The van der Waals surface area contributed by atoms with Gasteiger partial charge in [0.25, 0.3) is 0 Å². The lowest BCUT2D eigenvalue weighted by Gasteiger charge is -2.23. The molecular formula is C21H34O3. The van der Waals surface area contributed by atoms with Gasteiger partial charge in [0.1, 0.15) is 5.75 Å². The van der Waals surface area contributed by atoms with E-state index in [-0.39, 0.29) is 5.41 Å². The molecule has 0 spiro atoms. The van der Waals surface area contributed by atoms with Crippen molar-refractivity contribution >= 4 is 5.97 Å². The van der Waals surface area contributed by atoms with Crippen molar-refractivity contribution in [3.8, 4) is 5.75 Å². The molecule has 0 saturated heterocycles. The number of rotatable bonds is 11. The zero-order valence-corrected chi connectivity index (χ0v) is 15.9. The molecule has 0 aliphatic heterocycles. The van der Waals surface area contributed by atoms with E-state index in [0.717, 1.165) is 17.7 Å². The van der Waals surface area contributed by atoms with Crippen LogP contribution in [0.4, 0.5) is 0 Å². The predicted octanol–water partition coefficient (Wildman–Crippen LogP) is 6.20. The number of unbranched alkanes of at least 4 members (excludes halogenated alkanes) is 7. The van der Waals surface area contributed by atoms with Crippen LogP contribution in [0.2, 0.25) is 0 Å². The van der Waals surface area contributed by atoms with Crippen LogP contribution in [0.5, 0.6) is 5.75 Å². The summed E-state index contributed by atoms with van der Waals surface area (Å²) in [7, 11) is 0. The first kappa shape index (κ1) is 20.5. The maximum atomic E-state index is 11.2. The number of hydrogen-bond donors (Lipinski definition) is 1. The van der Waals surface area contributed by atoms with Crippen molar-refractivity contribution in [1.29, 1.82) is 0 Å². The zero-order valence-electron chi connectivity index (χ0n) is 15.9. The smallest absolute Gasteiger partial charge is 0.335 e. The van der Waals surface area contributed by atoms with Crippen molar-refractivity contribution in [3.63, 3.8) is 0 Å². The summed E-state index contributed by atoms with van der Waals surface area (Å²) in [6.45, 7) is 9.18. The lowest BCUT2D eigenvalue weighted by molar-refractivity contribution is 0.0696. The van der Waals surface area contributed by atoms with Crippen LogP contribution in [0, 0.1) is 0 Å². The molecular weight excluding hydrogens is 300 g/mol.